The largest absolute Gasteiger partial charge is 0.296 e. The zero-order valence-corrected chi connectivity index (χ0v) is 9.38. The first-order chi connectivity index (χ1) is 7.30. The van der Waals surface area contributed by atoms with Crippen LogP contribution in [0, 0.1) is 0 Å². The van der Waals surface area contributed by atoms with Crippen LogP contribution in [-0.2, 0) is 0 Å². The summed E-state index contributed by atoms with van der Waals surface area (Å²) in [6.07, 6.45) is 6.65. The van der Waals surface area contributed by atoms with Gasteiger partial charge in [0.2, 0.25) is 0 Å². The lowest BCUT2D eigenvalue weighted by atomic mass is 10.2. The maximum absolute atomic E-state index is 10.9. The highest BCUT2D eigenvalue weighted by molar-refractivity contribution is 7.98. The Morgan fingerprint density at radius 2 is 2.20 bits per heavy atom. The van der Waals surface area contributed by atoms with E-state index in [4.69, 9.17) is 0 Å². The van der Waals surface area contributed by atoms with Gasteiger partial charge < -0.3 is 0 Å². The third-order valence-corrected chi connectivity index (χ3v) is 3.11. The fourth-order valence-corrected chi connectivity index (χ4v) is 2.04. The molecular weight excluding hydrogens is 208 g/mol. The Balaban J connectivity index is 2.54. The van der Waals surface area contributed by atoms with Crippen LogP contribution in [0.2, 0.25) is 0 Å². The van der Waals surface area contributed by atoms with Gasteiger partial charge >= 0.3 is 0 Å². The molecule has 3 nitrogen and oxygen atoms in total. The summed E-state index contributed by atoms with van der Waals surface area (Å²) in [5, 5.41) is 0.851. The summed E-state index contributed by atoms with van der Waals surface area (Å²) in [7, 11) is 0. The van der Waals surface area contributed by atoms with Crippen LogP contribution < -0.4 is 0 Å². The highest BCUT2D eigenvalue weighted by Crippen LogP contribution is 2.39. The van der Waals surface area contributed by atoms with E-state index in [0.717, 1.165) is 35.5 Å². The average molecular weight is 220 g/mol. The van der Waals surface area contributed by atoms with Crippen LogP contribution >= 0.6 is 11.8 Å². The number of nitrogens with zero attached hydrogens (tertiary/aromatic N) is 2. The number of carbonyl (C=O) groups is 1. The fourth-order valence-electron chi connectivity index (χ4n) is 1.44. The van der Waals surface area contributed by atoms with Gasteiger partial charge in [0.05, 0.1) is 0 Å². The fraction of sp³-hybridized carbons (Fsp3) is 0.364. The van der Waals surface area contributed by atoms with Gasteiger partial charge in [0.25, 0.3) is 0 Å². The smallest absolute Gasteiger partial charge is 0.169 e. The molecule has 0 atom stereocenters. The van der Waals surface area contributed by atoms with Crippen molar-refractivity contribution in [2.75, 3.05) is 6.26 Å². The van der Waals surface area contributed by atoms with Crippen LogP contribution in [0.3, 0.4) is 0 Å². The first kappa shape index (κ1) is 10.4. The van der Waals surface area contributed by atoms with Crippen molar-refractivity contribution in [3.63, 3.8) is 0 Å². The molecule has 0 aliphatic heterocycles. The highest BCUT2D eigenvalue weighted by atomic mass is 32.2. The molecule has 1 saturated carbocycles. The van der Waals surface area contributed by atoms with Gasteiger partial charge in [0.15, 0.2) is 6.29 Å². The molecule has 1 heterocycles. The number of thioether (sulfide) groups is 1. The van der Waals surface area contributed by atoms with E-state index >= 15 is 0 Å². The van der Waals surface area contributed by atoms with E-state index in [1.807, 2.05) is 6.26 Å². The lowest BCUT2D eigenvalue weighted by molar-refractivity contribution is 0.111. The van der Waals surface area contributed by atoms with Crippen molar-refractivity contribution in [3.8, 4) is 0 Å². The summed E-state index contributed by atoms with van der Waals surface area (Å²) in [5.74, 6) is 1.28. The van der Waals surface area contributed by atoms with Crippen LogP contribution in [0.15, 0.2) is 11.6 Å². The molecule has 0 radical (unpaired) electrons. The molecule has 0 bridgehead atoms. The van der Waals surface area contributed by atoms with Gasteiger partial charge in [-0.25, -0.2) is 9.97 Å². The minimum Gasteiger partial charge on any atom is -0.296 e. The molecule has 4 heteroatoms. The van der Waals surface area contributed by atoms with Gasteiger partial charge in [-0.15, -0.1) is 11.8 Å². The van der Waals surface area contributed by atoms with Gasteiger partial charge in [-0.2, -0.15) is 0 Å². The van der Waals surface area contributed by atoms with Gasteiger partial charge in [-0.1, -0.05) is 12.7 Å². The molecule has 1 aromatic rings. The Kier molecular flexibility index (Phi) is 2.86. The molecule has 0 unspecified atom stereocenters. The predicted octanol–water partition coefficient (Wildman–Crippen LogP) is 2.53. The molecule has 0 spiro atoms. The van der Waals surface area contributed by atoms with Crippen molar-refractivity contribution in [3.05, 3.63) is 23.7 Å². The van der Waals surface area contributed by atoms with Gasteiger partial charge in [0.1, 0.15) is 16.5 Å². The second kappa shape index (κ2) is 4.14. The monoisotopic (exact) mass is 220 g/mol. The third-order valence-electron chi connectivity index (χ3n) is 2.41. The summed E-state index contributed by atoms with van der Waals surface area (Å²) in [4.78, 5) is 19.6. The molecule has 0 aromatic carbocycles. The molecular formula is C11H12N2OS. The molecule has 15 heavy (non-hydrogen) atoms. The van der Waals surface area contributed by atoms with Crippen molar-refractivity contribution < 1.29 is 4.79 Å². The van der Waals surface area contributed by atoms with Gasteiger partial charge in [-0.05, 0) is 19.1 Å². The SMILES string of the molecule is C=Cc1c(C=O)nc(C2CC2)nc1SC. The second-order valence-corrected chi connectivity index (χ2v) is 4.28. The van der Waals surface area contributed by atoms with E-state index in [-0.39, 0.29) is 0 Å². The molecule has 1 aliphatic rings. The van der Waals surface area contributed by atoms with E-state index in [1.165, 1.54) is 11.8 Å². The van der Waals surface area contributed by atoms with Crippen LogP contribution in [0.5, 0.6) is 0 Å². The van der Waals surface area contributed by atoms with Crippen LogP contribution in [0.25, 0.3) is 6.08 Å². The Labute approximate surface area is 93.0 Å². The summed E-state index contributed by atoms with van der Waals surface area (Å²) in [5.41, 5.74) is 1.22. The summed E-state index contributed by atoms with van der Waals surface area (Å²) in [6, 6.07) is 0. The number of aldehydes is 1. The molecule has 0 amide bonds. The number of carbonyl (C=O) groups excluding carboxylic acids is 1. The maximum atomic E-state index is 10.9. The van der Waals surface area contributed by atoms with Crippen LogP contribution in [0.4, 0.5) is 0 Å². The van der Waals surface area contributed by atoms with Crippen molar-refractivity contribution >= 4 is 24.1 Å². The average Bonchev–Trinajstić information content (AvgIpc) is 3.10. The van der Waals surface area contributed by atoms with Gasteiger partial charge in [0, 0.05) is 11.5 Å². The maximum Gasteiger partial charge on any atom is 0.169 e. The first-order valence-corrected chi connectivity index (χ1v) is 6.06. The van der Waals surface area contributed by atoms with E-state index in [2.05, 4.69) is 16.5 Å². The van der Waals surface area contributed by atoms with Crippen molar-refractivity contribution in [1.82, 2.24) is 9.97 Å². The Morgan fingerprint density at radius 3 is 2.67 bits per heavy atom. The van der Waals surface area contributed by atoms with E-state index in [1.54, 1.807) is 6.08 Å². The Bertz CT molecular complexity index is 413. The first-order valence-electron chi connectivity index (χ1n) is 4.83. The van der Waals surface area contributed by atoms with Crippen molar-refractivity contribution in [2.24, 2.45) is 0 Å². The molecule has 78 valence electrons. The predicted molar refractivity (Wildman–Crippen MR) is 61.3 cm³/mol. The highest BCUT2D eigenvalue weighted by Gasteiger charge is 2.28. The van der Waals surface area contributed by atoms with Crippen LogP contribution in [0.1, 0.15) is 40.6 Å². The minimum absolute atomic E-state index is 0.464. The molecule has 2 rings (SSSR count). The standard InChI is InChI=1S/C11H12N2OS/c1-3-8-9(6-14)12-10(7-4-5-7)13-11(8)15-2/h3,6-7H,1,4-5H2,2H3. The molecule has 0 N–H and O–H groups in total. The quantitative estimate of drug-likeness (QED) is 0.444. The number of aromatic nitrogens is 2. The Hall–Kier alpha value is -1.16. The van der Waals surface area contributed by atoms with Crippen molar-refractivity contribution in [2.45, 2.75) is 23.8 Å². The zero-order chi connectivity index (χ0) is 10.8. The lowest BCUT2D eigenvalue weighted by Crippen LogP contribution is -2.03. The third kappa shape index (κ3) is 1.95. The van der Waals surface area contributed by atoms with Crippen LogP contribution in [-0.4, -0.2) is 22.5 Å². The van der Waals surface area contributed by atoms with E-state index in [0.29, 0.717) is 11.6 Å². The van der Waals surface area contributed by atoms with E-state index < -0.39 is 0 Å². The molecule has 1 aromatic heterocycles. The topological polar surface area (TPSA) is 42.9 Å². The second-order valence-electron chi connectivity index (χ2n) is 3.49. The zero-order valence-electron chi connectivity index (χ0n) is 8.56. The summed E-state index contributed by atoms with van der Waals surface area (Å²) in [6.45, 7) is 3.69. The number of hydrogen-bond acceptors (Lipinski definition) is 4. The number of rotatable bonds is 4. The number of hydrogen-bond donors (Lipinski definition) is 0. The molecule has 1 fully saturated rings. The van der Waals surface area contributed by atoms with Gasteiger partial charge in [-0.3, -0.25) is 4.79 Å². The summed E-state index contributed by atoms with van der Waals surface area (Å²) >= 11 is 1.53. The normalized spacial score (nSPS) is 15.0. The lowest BCUT2D eigenvalue weighted by Gasteiger charge is -2.06. The Morgan fingerprint density at radius 1 is 1.47 bits per heavy atom. The summed E-state index contributed by atoms with van der Waals surface area (Å²) < 4.78 is 0. The molecule has 0 saturated heterocycles. The minimum atomic E-state index is 0.464. The molecule has 1 aliphatic carbocycles. The van der Waals surface area contributed by atoms with Crippen molar-refractivity contribution in [1.29, 1.82) is 0 Å². The van der Waals surface area contributed by atoms with E-state index in [9.17, 15) is 4.79 Å².